The summed E-state index contributed by atoms with van der Waals surface area (Å²) in [6.07, 6.45) is 4.18. The monoisotopic (exact) mass is 532 g/mol. The van der Waals surface area contributed by atoms with E-state index < -0.39 is 0 Å². The Morgan fingerprint density at radius 2 is 1.48 bits per heavy atom. The topological polar surface area (TPSA) is 11.4 Å². The number of fused-ring (bicyclic) bond motifs is 3. The standard InChI is InChI=1S/C22H18N3.CH3.Ir/c1-23-13-14-24(16-23)17-7-6-8-18(15-17)25-21-11-4-2-9-19(21)20-10-3-5-12-22(20)25;;/h2-6,8-15H,16H2,1H3;1H3;/q2*-1;. The Labute approximate surface area is 173 Å². The van der Waals surface area contributed by atoms with Gasteiger partial charge in [0.15, 0.2) is 0 Å². The summed E-state index contributed by atoms with van der Waals surface area (Å²) in [5.41, 5.74) is 4.71. The van der Waals surface area contributed by atoms with Crippen molar-refractivity contribution in [2.75, 3.05) is 18.6 Å². The Morgan fingerprint density at radius 3 is 2.07 bits per heavy atom. The van der Waals surface area contributed by atoms with E-state index in [-0.39, 0.29) is 27.5 Å². The third-order valence-electron chi connectivity index (χ3n) is 4.79. The van der Waals surface area contributed by atoms with Crippen molar-refractivity contribution in [2.24, 2.45) is 0 Å². The minimum Gasteiger partial charge on any atom is -0.361 e. The summed E-state index contributed by atoms with van der Waals surface area (Å²) in [5, 5.41) is 2.57. The number of hydrogen-bond donors (Lipinski definition) is 0. The van der Waals surface area contributed by atoms with Gasteiger partial charge in [0.25, 0.3) is 0 Å². The molecule has 0 aliphatic carbocycles. The van der Waals surface area contributed by atoms with Gasteiger partial charge < -0.3 is 21.8 Å². The Balaban J connectivity index is 0.00000105. The molecule has 1 radical (unpaired) electrons. The normalized spacial score (nSPS) is 13.1. The van der Waals surface area contributed by atoms with Crippen molar-refractivity contribution in [3.63, 3.8) is 0 Å². The van der Waals surface area contributed by atoms with E-state index >= 15 is 0 Å². The van der Waals surface area contributed by atoms with E-state index in [1.165, 1.54) is 21.8 Å². The van der Waals surface area contributed by atoms with Gasteiger partial charge in [0.2, 0.25) is 0 Å². The van der Waals surface area contributed by atoms with Crippen molar-refractivity contribution in [1.82, 2.24) is 9.47 Å². The van der Waals surface area contributed by atoms with Crippen LogP contribution in [-0.4, -0.2) is 23.2 Å². The Morgan fingerprint density at radius 1 is 0.852 bits per heavy atom. The molecule has 4 aromatic rings. The maximum absolute atomic E-state index is 3.36. The van der Waals surface area contributed by atoms with E-state index in [1.807, 2.05) is 6.07 Å². The molecule has 0 saturated carbocycles. The van der Waals surface area contributed by atoms with Crippen LogP contribution in [0.5, 0.6) is 0 Å². The average molecular weight is 532 g/mol. The molecule has 1 aliphatic heterocycles. The fraction of sp³-hybridized carbons (Fsp3) is 0.0870. The predicted octanol–water partition coefficient (Wildman–Crippen LogP) is 5.21. The van der Waals surface area contributed by atoms with Gasteiger partial charge in [-0.2, -0.15) is 12.1 Å². The van der Waals surface area contributed by atoms with Crippen LogP contribution in [0.25, 0.3) is 27.5 Å². The molecule has 3 aromatic carbocycles. The molecule has 0 spiro atoms. The van der Waals surface area contributed by atoms with Crippen LogP contribution in [0, 0.1) is 13.5 Å². The van der Waals surface area contributed by atoms with Crippen LogP contribution in [0.3, 0.4) is 0 Å². The third kappa shape index (κ3) is 3.16. The first-order valence-corrected chi connectivity index (χ1v) is 8.47. The summed E-state index contributed by atoms with van der Waals surface area (Å²) in [6.45, 7) is 0.854. The van der Waals surface area contributed by atoms with Gasteiger partial charge in [-0.1, -0.05) is 47.8 Å². The Kier molecular flexibility index (Phi) is 5.40. The number of benzene rings is 3. The predicted molar refractivity (Wildman–Crippen MR) is 110 cm³/mol. The summed E-state index contributed by atoms with van der Waals surface area (Å²) in [7, 11) is 2.08. The molecular formula is C23H21IrN3-2. The summed E-state index contributed by atoms with van der Waals surface area (Å²) in [6, 6.07) is 26.9. The van der Waals surface area contributed by atoms with Crippen molar-refractivity contribution in [2.45, 2.75) is 0 Å². The first-order chi connectivity index (χ1) is 12.3. The molecule has 139 valence electrons. The van der Waals surface area contributed by atoms with Crippen LogP contribution in [0.2, 0.25) is 0 Å². The maximum atomic E-state index is 3.36. The largest absolute Gasteiger partial charge is 0.361 e. The van der Waals surface area contributed by atoms with Crippen LogP contribution in [0.15, 0.2) is 79.1 Å². The summed E-state index contributed by atoms with van der Waals surface area (Å²) >= 11 is 0. The molecule has 3 nitrogen and oxygen atoms in total. The molecule has 0 amide bonds. The second-order valence-electron chi connectivity index (χ2n) is 6.47. The number of hydrogen-bond acceptors (Lipinski definition) is 2. The summed E-state index contributed by atoms with van der Waals surface area (Å²) in [4.78, 5) is 4.36. The van der Waals surface area contributed by atoms with Crippen LogP contribution < -0.4 is 4.90 Å². The number of aromatic nitrogens is 1. The van der Waals surface area contributed by atoms with Crippen molar-refractivity contribution in [3.05, 3.63) is 92.6 Å². The number of rotatable bonds is 2. The van der Waals surface area contributed by atoms with Crippen LogP contribution in [0.1, 0.15) is 0 Å². The fourth-order valence-electron chi connectivity index (χ4n) is 3.63. The Hall–Kier alpha value is -2.55. The van der Waals surface area contributed by atoms with Crippen LogP contribution in [0.4, 0.5) is 5.69 Å². The van der Waals surface area contributed by atoms with Gasteiger partial charge in [-0.25, -0.2) is 0 Å². The molecule has 27 heavy (non-hydrogen) atoms. The fourth-order valence-corrected chi connectivity index (χ4v) is 3.63. The van der Waals surface area contributed by atoms with E-state index in [0.717, 1.165) is 18.0 Å². The average Bonchev–Trinajstić information content (AvgIpc) is 3.23. The first kappa shape index (κ1) is 19.2. The van der Waals surface area contributed by atoms with E-state index in [1.54, 1.807) is 0 Å². The van der Waals surface area contributed by atoms with Crippen molar-refractivity contribution >= 4 is 27.5 Å². The molecule has 0 bridgehead atoms. The maximum Gasteiger partial charge on any atom is 0.0916 e. The quantitative estimate of drug-likeness (QED) is 0.329. The van der Waals surface area contributed by atoms with E-state index in [0.29, 0.717) is 0 Å². The van der Waals surface area contributed by atoms with Crippen LogP contribution >= 0.6 is 0 Å². The van der Waals surface area contributed by atoms with Gasteiger partial charge in [-0.15, -0.1) is 12.1 Å². The molecule has 1 aliphatic rings. The molecule has 2 heterocycles. The summed E-state index contributed by atoms with van der Waals surface area (Å²) < 4.78 is 2.34. The zero-order chi connectivity index (χ0) is 16.8. The van der Waals surface area contributed by atoms with Gasteiger partial charge in [0.05, 0.1) is 17.7 Å². The zero-order valence-corrected chi connectivity index (χ0v) is 17.8. The van der Waals surface area contributed by atoms with E-state index in [9.17, 15) is 0 Å². The number of para-hydroxylation sites is 2. The number of anilines is 1. The molecule has 5 rings (SSSR count). The molecule has 4 heteroatoms. The molecular weight excluding hydrogens is 510 g/mol. The minimum absolute atomic E-state index is 0. The Bertz CT molecular complexity index is 1060. The zero-order valence-electron chi connectivity index (χ0n) is 15.4. The van der Waals surface area contributed by atoms with Gasteiger partial charge in [-0.05, 0) is 12.1 Å². The van der Waals surface area contributed by atoms with Gasteiger partial charge in [-0.3, -0.25) is 0 Å². The molecule has 0 N–H and O–H groups in total. The van der Waals surface area contributed by atoms with Crippen molar-refractivity contribution < 1.29 is 20.1 Å². The van der Waals surface area contributed by atoms with Gasteiger partial charge in [0.1, 0.15) is 0 Å². The van der Waals surface area contributed by atoms with Crippen molar-refractivity contribution in [1.29, 1.82) is 0 Å². The van der Waals surface area contributed by atoms with Crippen molar-refractivity contribution in [3.8, 4) is 5.69 Å². The molecule has 0 saturated heterocycles. The van der Waals surface area contributed by atoms with E-state index in [2.05, 4.69) is 101 Å². The second kappa shape index (κ2) is 7.59. The minimum atomic E-state index is 0. The van der Waals surface area contributed by atoms with E-state index in [4.69, 9.17) is 0 Å². The second-order valence-corrected chi connectivity index (χ2v) is 6.47. The molecule has 0 fully saturated rings. The third-order valence-corrected chi connectivity index (χ3v) is 4.79. The number of nitrogens with zero attached hydrogens (tertiary/aromatic N) is 3. The van der Waals surface area contributed by atoms with Gasteiger partial charge >= 0.3 is 0 Å². The summed E-state index contributed by atoms with van der Waals surface area (Å²) in [5.74, 6) is 0. The first-order valence-electron chi connectivity index (χ1n) is 8.47. The molecule has 0 atom stereocenters. The molecule has 0 unspecified atom stereocenters. The SMILES string of the molecule is CN1C=CN(c2[c-]ccc(-n3c4ccccc4c4ccccc43)c2)C1.[CH3-].[Ir]. The smallest absolute Gasteiger partial charge is 0.0916 e. The molecule has 1 aromatic heterocycles. The van der Waals surface area contributed by atoms with Crippen LogP contribution in [-0.2, 0) is 20.1 Å². The van der Waals surface area contributed by atoms with Gasteiger partial charge in [0, 0.05) is 50.3 Å².